The van der Waals surface area contributed by atoms with Gasteiger partial charge < -0.3 is 15.0 Å². The molecule has 1 fully saturated rings. The molecule has 19 heavy (non-hydrogen) atoms. The van der Waals surface area contributed by atoms with Crippen LogP contribution in [-0.4, -0.2) is 38.3 Å². The number of ether oxygens (including phenoxy) is 1. The first-order valence-electron chi connectivity index (χ1n) is 7.17. The molecule has 2 heterocycles. The third-order valence-corrected chi connectivity index (χ3v) is 3.79. The molecule has 1 aliphatic heterocycles. The minimum Gasteiger partial charge on any atom is -0.384 e. The number of hydrogen-bond acceptors (Lipinski definition) is 4. The Labute approximate surface area is 116 Å². The van der Waals surface area contributed by atoms with Gasteiger partial charge in [-0.05, 0) is 37.6 Å². The van der Waals surface area contributed by atoms with Crippen molar-refractivity contribution in [1.82, 2.24) is 10.3 Å². The SMILES string of the molecule is CCNC(C)c1ccnc(N2CCC(COC)C2)c1. The van der Waals surface area contributed by atoms with Crippen LogP contribution < -0.4 is 10.2 Å². The number of pyridine rings is 1. The van der Waals surface area contributed by atoms with Crippen molar-refractivity contribution in [3.63, 3.8) is 0 Å². The summed E-state index contributed by atoms with van der Waals surface area (Å²) in [5, 5.41) is 3.44. The molecule has 1 saturated heterocycles. The smallest absolute Gasteiger partial charge is 0.128 e. The fraction of sp³-hybridized carbons (Fsp3) is 0.667. The van der Waals surface area contributed by atoms with Crippen molar-refractivity contribution in [3.05, 3.63) is 23.9 Å². The van der Waals surface area contributed by atoms with E-state index < -0.39 is 0 Å². The Morgan fingerprint density at radius 1 is 1.58 bits per heavy atom. The molecule has 0 aromatic carbocycles. The second kappa shape index (κ2) is 6.87. The van der Waals surface area contributed by atoms with Crippen LogP contribution in [0.5, 0.6) is 0 Å². The van der Waals surface area contributed by atoms with Gasteiger partial charge in [-0.25, -0.2) is 4.98 Å². The number of anilines is 1. The van der Waals surface area contributed by atoms with Crippen LogP contribution in [0.25, 0.3) is 0 Å². The summed E-state index contributed by atoms with van der Waals surface area (Å²) in [7, 11) is 1.78. The normalized spacial score (nSPS) is 20.8. The summed E-state index contributed by atoms with van der Waals surface area (Å²) in [5.41, 5.74) is 1.31. The van der Waals surface area contributed by atoms with E-state index in [-0.39, 0.29) is 0 Å². The molecule has 0 saturated carbocycles. The predicted molar refractivity (Wildman–Crippen MR) is 78.5 cm³/mol. The average molecular weight is 263 g/mol. The van der Waals surface area contributed by atoms with Crippen LogP contribution >= 0.6 is 0 Å². The molecule has 0 amide bonds. The number of rotatable bonds is 6. The zero-order valence-corrected chi connectivity index (χ0v) is 12.2. The van der Waals surface area contributed by atoms with Gasteiger partial charge in [-0.1, -0.05) is 6.92 Å². The monoisotopic (exact) mass is 263 g/mol. The van der Waals surface area contributed by atoms with Crippen molar-refractivity contribution in [1.29, 1.82) is 0 Å². The predicted octanol–water partition coefficient (Wildman–Crippen LogP) is 2.22. The number of methoxy groups -OCH3 is 1. The van der Waals surface area contributed by atoms with E-state index in [4.69, 9.17) is 4.74 Å². The lowest BCUT2D eigenvalue weighted by atomic mass is 10.1. The fourth-order valence-corrected chi connectivity index (χ4v) is 2.71. The Balaban J connectivity index is 2.03. The van der Waals surface area contributed by atoms with Crippen molar-refractivity contribution >= 4 is 5.82 Å². The van der Waals surface area contributed by atoms with Gasteiger partial charge in [0.1, 0.15) is 5.82 Å². The van der Waals surface area contributed by atoms with Crippen molar-refractivity contribution in [2.24, 2.45) is 5.92 Å². The maximum Gasteiger partial charge on any atom is 0.128 e. The van der Waals surface area contributed by atoms with Gasteiger partial charge in [0.25, 0.3) is 0 Å². The maximum atomic E-state index is 5.25. The zero-order chi connectivity index (χ0) is 13.7. The molecule has 1 aliphatic rings. The van der Waals surface area contributed by atoms with Crippen LogP contribution in [0, 0.1) is 5.92 Å². The molecular weight excluding hydrogens is 238 g/mol. The molecule has 1 aromatic heterocycles. The number of aromatic nitrogens is 1. The Morgan fingerprint density at radius 3 is 3.16 bits per heavy atom. The number of nitrogens with one attached hydrogen (secondary N) is 1. The summed E-state index contributed by atoms with van der Waals surface area (Å²) < 4.78 is 5.25. The van der Waals surface area contributed by atoms with Crippen LogP contribution in [0.1, 0.15) is 31.9 Å². The van der Waals surface area contributed by atoms with Crippen LogP contribution in [0.15, 0.2) is 18.3 Å². The Bertz CT molecular complexity index is 397. The average Bonchev–Trinajstić information content (AvgIpc) is 2.88. The van der Waals surface area contributed by atoms with E-state index in [1.54, 1.807) is 7.11 Å². The fourth-order valence-electron chi connectivity index (χ4n) is 2.71. The topological polar surface area (TPSA) is 37.4 Å². The third kappa shape index (κ3) is 3.67. The molecule has 1 N–H and O–H groups in total. The molecule has 2 atom stereocenters. The molecular formula is C15H25N3O. The first-order chi connectivity index (χ1) is 9.24. The first-order valence-corrected chi connectivity index (χ1v) is 7.17. The zero-order valence-electron chi connectivity index (χ0n) is 12.2. The summed E-state index contributed by atoms with van der Waals surface area (Å²) in [6.07, 6.45) is 3.12. The largest absolute Gasteiger partial charge is 0.384 e. The highest BCUT2D eigenvalue weighted by Gasteiger charge is 2.23. The summed E-state index contributed by atoms with van der Waals surface area (Å²) in [6.45, 7) is 8.30. The van der Waals surface area contributed by atoms with Crippen LogP contribution in [0.4, 0.5) is 5.82 Å². The van der Waals surface area contributed by atoms with Gasteiger partial charge in [0.15, 0.2) is 0 Å². The lowest BCUT2D eigenvalue weighted by molar-refractivity contribution is 0.161. The molecule has 4 heteroatoms. The van der Waals surface area contributed by atoms with Crippen LogP contribution in [0.3, 0.4) is 0 Å². The highest BCUT2D eigenvalue weighted by Crippen LogP contribution is 2.24. The Hall–Kier alpha value is -1.13. The van der Waals surface area contributed by atoms with Gasteiger partial charge in [0.05, 0.1) is 6.61 Å². The first kappa shape index (κ1) is 14.3. The van der Waals surface area contributed by atoms with Gasteiger partial charge >= 0.3 is 0 Å². The molecule has 1 aromatic rings. The molecule has 0 bridgehead atoms. The molecule has 0 radical (unpaired) electrons. The number of nitrogens with zero attached hydrogens (tertiary/aromatic N) is 2. The van der Waals surface area contributed by atoms with E-state index in [9.17, 15) is 0 Å². The van der Waals surface area contributed by atoms with E-state index in [0.29, 0.717) is 12.0 Å². The Kier molecular flexibility index (Phi) is 5.16. The molecule has 2 unspecified atom stereocenters. The van der Waals surface area contributed by atoms with E-state index in [1.807, 2.05) is 6.20 Å². The van der Waals surface area contributed by atoms with Crippen molar-refractivity contribution in [2.75, 3.05) is 38.3 Å². The summed E-state index contributed by atoms with van der Waals surface area (Å²) >= 11 is 0. The maximum absolute atomic E-state index is 5.25. The standard InChI is InChI=1S/C15H25N3O/c1-4-16-12(2)14-5-7-17-15(9-14)18-8-6-13(10-18)11-19-3/h5,7,9,12-13,16H,4,6,8,10-11H2,1-3H3. The molecule has 2 rings (SSSR count). The highest BCUT2D eigenvalue weighted by atomic mass is 16.5. The highest BCUT2D eigenvalue weighted by molar-refractivity contribution is 5.42. The number of hydrogen-bond donors (Lipinski definition) is 1. The van der Waals surface area contributed by atoms with E-state index in [0.717, 1.165) is 32.1 Å². The summed E-state index contributed by atoms with van der Waals surface area (Å²) in [4.78, 5) is 6.88. The summed E-state index contributed by atoms with van der Waals surface area (Å²) in [6, 6.07) is 4.69. The molecule has 106 valence electrons. The van der Waals surface area contributed by atoms with Crippen LogP contribution in [-0.2, 0) is 4.74 Å². The van der Waals surface area contributed by atoms with E-state index >= 15 is 0 Å². The second-order valence-corrected chi connectivity index (χ2v) is 5.28. The second-order valence-electron chi connectivity index (χ2n) is 5.28. The third-order valence-electron chi connectivity index (χ3n) is 3.79. The van der Waals surface area contributed by atoms with Gasteiger partial charge in [-0.3, -0.25) is 0 Å². The van der Waals surface area contributed by atoms with Crippen molar-refractivity contribution < 1.29 is 4.74 Å². The van der Waals surface area contributed by atoms with Crippen molar-refractivity contribution in [3.8, 4) is 0 Å². The van der Waals surface area contributed by atoms with E-state index in [1.165, 1.54) is 12.0 Å². The summed E-state index contributed by atoms with van der Waals surface area (Å²) in [5.74, 6) is 1.74. The van der Waals surface area contributed by atoms with Gasteiger partial charge in [0, 0.05) is 38.4 Å². The van der Waals surface area contributed by atoms with Gasteiger partial charge in [0.2, 0.25) is 0 Å². The molecule has 0 spiro atoms. The van der Waals surface area contributed by atoms with Crippen LogP contribution in [0.2, 0.25) is 0 Å². The minimum absolute atomic E-state index is 0.379. The van der Waals surface area contributed by atoms with E-state index in [2.05, 4.69) is 41.2 Å². The van der Waals surface area contributed by atoms with Gasteiger partial charge in [-0.2, -0.15) is 0 Å². The molecule has 0 aliphatic carbocycles. The quantitative estimate of drug-likeness (QED) is 0.854. The lowest BCUT2D eigenvalue weighted by Gasteiger charge is -2.20. The van der Waals surface area contributed by atoms with Crippen molar-refractivity contribution in [2.45, 2.75) is 26.3 Å². The lowest BCUT2D eigenvalue weighted by Crippen LogP contribution is -2.23. The minimum atomic E-state index is 0.379. The van der Waals surface area contributed by atoms with Gasteiger partial charge in [-0.15, -0.1) is 0 Å². The molecule has 4 nitrogen and oxygen atoms in total. The Morgan fingerprint density at radius 2 is 2.42 bits per heavy atom.